The van der Waals surface area contributed by atoms with Crippen molar-refractivity contribution in [3.8, 4) is 0 Å². The predicted octanol–water partition coefficient (Wildman–Crippen LogP) is 2.08. The van der Waals surface area contributed by atoms with Gasteiger partial charge in [-0.25, -0.2) is 14.2 Å². The zero-order chi connectivity index (χ0) is 12.4. The Balaban J connectivity index is 2.22. The van der Waals surface area contributed by atoms with Crippen LogP contribution in [0.2, 0.25) is 0 Å². The number of carbonyl (C=O) groups is 1. The molecule has 2 rings (SSSR count). The highest BCUT2D eigenvalue weighted by molar-refractivity contribution is 5.84. The van der Waals surface area contributed by atoms with E-state index in [0.717, 1.165) is 11.1 Å². The highest BCUT2D eigenvalue weighted by Crippen LogP contribution is 2.12. The summed E-state index contributed by atoms with van der Waals surface area (Å²) in [7, 11) is 0. The van der Waals surface area contributed by atoms with Gasteiger partial charge in [-0.3, -0.25) is 0 Å². The topological polar surface area (TPSA) is 55.1 Å². The van der Waals surface area contributed by atoms with Crippen molar-refractivity contribution in [3.05, 3.63) is 53.4 Å². The van der Waals surface area contributed by atoms with Crippen molar-refractivity contribution >= 4 is 5.97 Å². The Morgan fingerprint density at radius 3 is 2.88 bits per heavy atom. The number of imidazole rings is 1. The fourth-order valence-corrected chi connectivity index (χ4v) is 1.59. The van der Waals surface area contributed by atoms with E-state index in [-0.39, 0.29) is 11.5 Å². The molecule has 1 aromatic heterocycles. The minimum Gasteiger partial charge on any atom is -0.476 e. The van der Waals surface area contributed by atoms with Gasteiger partial charge in [0.2, 0.25) is 0 Å². The molecule has 0 radical (unpaired) electrons. The highest BCUT2D eigenvalue weighted by Gasteiger charge is 2.07. The first kappa shape index (κ1) is 11.3. The van der Waals surface area contributed by atoms with E-state index in [1.165, 1.54) is 24.7 Å². The molecule has 88 valence electrons. The van der Waals surface area contributed by atoms with Crippen molar-refractivity contribution < 1.29 is 14.3 Å². The van der Waals surface area contributed by atoms with Crippen LogP contribution >= 0.6 is 0 Å². The average Bonchev–Trinajstić information content (AvgIpc) is 2.71. The molecule has 0 fully saturated rings. The molecule has 5 heteroatoms. The van der Waals surface area contributed by atoms with Crippen LogP contribution in [0, 0.1) is 12.7 Å². The van der Waals surface area contributed by atoms with Gasteiger partial charge in [0.15, 0.2) is 5.69 Å². The second-order valence-corrected chi connectivity index (χ2v) is 3.81. The number of hydrogen-bond donors (Lipinski definition) is 1. The Bertz CT molecular complexity index is 563. The molecule has 0 amide bonds. The van der Waals surface area contributed by atoms with Crippen molar-refractivity contribution in [2.75, 3.05) is 0 Å². The van der Waals surface area contributed by atoms with Crippen LogP contribution < -0.4 is 0 Å². The van der Waals surface area contributed by atoms with Crippen LogP contribution in [0.5, 0.6) is 0 Å². The van der Waals surface area contributed by atoms with Gasteiger partial charge < -0.3 is 9.67 Å². The van der Waals surface area contributed by atoms with Crippen LogP contribution in [0.25, 0.3) is 0 Å². The van der Waals surface area contributed by atoms with Crippen molar-refractivity contribution in [2.24, 2.45) is 0 Å². The lowest BCUT2D eigenvalue weighted by molar-refractivity contribution is 0.0691. The molecule has 0 aliphatic heterocycles. The van der Waals surface area contributed by atoms with Gasteiger partial charge in [0, 0.05) is 12.7 Å². The standard InChI is InChI=1S/C12H11FN2O2/c1-8-4-10(13)3-2-9(8)5-15-6-11(12(16)17)14-7-15/h2-4,6-7H,5H2,1H3,(H,16,17). The number of halogens is 1. The van der Waals surface area contributed by atoms with E-state index in [1.807, 2.05) is 6.92 Å². The Kier molecular flexibility index (Phi) is 2.91. The lowest BCUT2D eigenvalue weighted by Gasteiger charge is -2.06. The minimum absolute atomic E-state index is 0.00441. The van der Waals surface area contributed by atoms with Crippen LogP contribution in [0.15, 0.2) is 30.7 Å². The van der Waals surface area contributed by atoms with Crippen LogP contribution in [0.3, 0.4) is 0 Å². The first-order chi connectivity index (χ1) is 8.06. The van der Waals surface area contributed by atoms with Crippen LogP contribution in [-0.2, 0) is 6.54 Å². The highest BCUT2D eigenvalue weighted by atomic mass is 19.1. The first-order valence-electron chi connectivity index (χ1n) is 5.06. The molecule has 4 nitrogen and oxygen atoms in total. The quantitative estimate of drug-likeness (QED) is 0.884. The SMILES string of the molecule is Cc1cc(F)ccc1Cn1cnc(C(=O)O)c1. The van der Waals surface area contributed by atoms with E-state index in [0.29, 0.717) is 6.54 Å². The van der Waals surface area contributed by atoms with E-state index in [1.54, 1.807) is 10.6 Å². The van der Waals surface area contributed by atoms with Gasteiger partial charge in [0.25, 0.3) is 0 Å². The van der Waals surface area contributed by atoms with Gasteiger partial charge in [-0.15, -0.1) is 0 Å². The van der Waals surface area contributed by atoms with Crippen LogP contribution in [-0.4, -0.2) is 20.6 Å². The summed E-state index contributed by atoms with van der Waals surface area (Å²) in [5, 5.41) is 8.73. The number of rotatable bonds is 3. The average molecular weight is 234 g/mol. The third-order valence-corrected chi connectivity index (χ3v) is 2.51. The summed E-state index contributed by atoms with van der Waals surface area (Å²) < 4.78 is 14.6. The maximum atomic E-state index is 12.9. The number of aromatic carboxylic acids is 1. The molecule has 1 N–H and O–H groups in total. The van der Waals surface area contributed by atoms with Crippen molar-refractivity contribution in [2.45, 2.75) is 13.5 Å². The van der Waals surface area contributed by atoms with Gasteiger partial charge in [0.1, 0.15) is 5.82 Å². The molecule has 2 aromatic rings. The molecule has 0 aliphatic carbocycles. The van der Waals surface area contributed by atoms with Crippen molar-refractivity contribution in [1.82, 2.24) is 9.55 Å². The zero-order valence-electron chi connectivity index (χ0n) is 9.22. The van der Waals surface area contributed by atoms with Crippen LogP contribution in [0.4, 0.5) is 4.39 Å². The summed E-state index contributed by atoms with van der Waals surface area (Å²) in [6.45, 7) is 2.29. The van der Waals surface area contributed by atoms with Crippen molar-refractivity contribution in [3.63, 3.8) is 0 Å². The number of carboxylic acids is 1. The molecule has 0 saturated heterocycles. The van der Waals surface area contributed by atoms with E-state index in [2.05, 4.69) is 4.98 Å². The van der Waals surface area contributed by atoms with Gasteiger partial charge in [0.05, 0.1) is 6.33 Å². The first-order valence-corrected chi connectivity index (χ1v) is 5.06. The Labute approximate surface area is 97.3 Å². The number of benzene rings is 1. The van der Waals surface area contributed by atoms with E-state index < -0.39 is 5.97 Å². The summed E-state index contributed by atoms with van der Waals surface area (Å²) >= 11 is 0. The number of aromatic nitrogens is 2. The molecule has 1 aromatic carbocycles. The molecule has 0 saturated carbocycles. The lowest BCUT2D eigenvalue weighted by atomic mass is 10.1. The van der Waals surface area contributed by atoms with Gasteiger partial charge in [-0.05, 0) is 30.2 Å². The summed E-state index contributed by atoms with van der Waals surface area (Å²) in [6, 6.07) is 4.52. The van der Waals surface area contributed by atoms with Gasteiger partial charge in [-0.1, -0.05) is 6.07 Å². The molecular weight excluding hydrogens is 223 g/mol. The third kappa shape index (κ3) is 2.50. The van der Waals surface area contributed by atoms with E-state index >= 15 is 0 Å². The maximum absolute atomic E-state index is 12.9. The van der Waals surface area contributed by atoms with E-state index in [9.17, 15) is 9.18 Å². The Hall–Kier alpha value is -2.17. The third-order valence-electron chi connectivity index (χ3n) is 2.51. The molecule has 0 spiro atoms. The largest absolute Gasteiger partial charge is 0.476 e. The molecule has 1 heterocycles. The van der Waals surface area contributed by atoms with Gasteiger partial charge >= 0.3 is 5.97 Å². The zero-order valence-corrected chi connectivity index (χ0v) is 9.22. The molecule has 0 unspecified atom stereocenters. The predicted molar refractivity (Wildman–Crippen MR) is 59.4 cm³/mol. The molecular formula is C12H11FN2O2. The maximum Gasteiger partial charge on any atom is 0.356 e. The molecule has 17 heavy (non-hydrogen) atoms. The number of nitrogens with zero attached hydrogens (tertiary/aromatic N) is 2. The number of carboxylic acid groups (broad SMARTS) is 1. The van der Waals surface area contributed by atoms with E-state index in [4.69, 9.17) is 5.11 Å². The monoisotopic (exact) mass is 234 g/mol. The molecule has 0 atom stereocenters. The number of aryl methyl sites for hydroxylation is 1. The summed E-state index contributed by atoms with van der Waals surface area (Å²) in [5.74, 6) is -1.33. The Morgan fingerprint density at radius 2 is 2.29 bits per heavy atom. The Morgan fingerprint density at radius 1 is 1.53 bits per heavy atom. The van der Waals surface area contributed by atoms with Gasteiger partial charge in [-0.2, -0.15) is 0 Å². The normalized spacial score (nSPS) is 10.5. The summed E-state index contributed by atoms with van der Waals surface area (Å²) in [4.78, 5) is 14.4. The van der Waals surface area contributed by atoms with Crippen molar-refractivity contribution in [1.29, 1.82) is 0 Å². The molecule has 0 bridgehead atoms. The second kappa shape index (κ2) is 4.37. The van der Waals surface area contributed by atoms with Crippen LogP contribution in [0.1, 0.15) is 21.6 Å². The molecule has 0 aliphatic rings. The fraction of sp³-hybridized carbons (Fsp3) is 0.167. The fourth-order valence-electron chi connectivity index (χ4n) is 1.59. The lowest BCUT2D eigenvalue weighted by Crippen LogP contribution is -2.00. The summed E-state index contributed by atoms with van der Waals surface area (Å²) in [6.07, 6.45) is 2.90. The second-order valence-electron chi connectivity index (χ2n) is 3.81. The number of hydrogen-bond acceptors (Lipinski definition) is 2. The smallest absolute Gasteiger partial charge is 0.356 e. The minimum atomic E-state index is -1.06. The summed E-state index contributed by atoms with van der Waals surface area (Å²) in [5.41, 5.74) is 1.76.